The molecule has 1 N–H and O–H groups in total. The van der Waals surface area contributed by atoms with Crippen LogP contribution in [0.4, 0.5) is 0 Å². The standard InChI is InChI=1S/C16H25NO2/c1-5-6-9-18-12-7-8-13-14(17-4)11-16(2,3)19-15(13)10-12/h7-8,10,14,17H,5-6,9,11H2,1-4H3. The lowest BCUT2D eigenvalue weighted by atomic mass is 9.90. The van der Waals surface area contributed by atoms with Crippen LogP contribution in [0.2, 0.25) is 0 Å². The van der Waals surface area contributed by atoms with Crippen LogP contribution >= 0.6 is 0 Å². The summed E-state index contributed by atoms with van der Waals surface area (Å²) in [5.41, 5.74) is 1.09. The van der Waals surface area contributed by atoms with E-state index in [2.05, 4.69) is 32.2 Å². The molecule has 106 valence electrons. The molecule has 0 aromatic heterocycles. The number of hydrogen-bond donors (Lipinski definition) is 1. The predicted molar refractivity (Wildman–Crippen MR) is 78.0 cm³/mol. The summed E-state index contributed by atoms with van der Waals surface area (Å²) in [6, 6.07) is 6.53. The van der Waals surface area contributed by atoms with Crippen molar-refractivity contribution in [2.45, 2.75) is 51.7 Å². The number of hydrogen-bond acceptors (Lipinski definition) is 3. The maximum absolute atomic E-state index is 6.08. The lowest BCUT2D eigenvalue weighted by molar-refractivity contribution is 0.0671. The molecule has 1 heterocycles. The summed E-state index contributed by atoms with van der Waals surface area (Å²) in [5.74, 6) is 1.85. The third-order valence-electron chi connectivity index (χ3n) is 3.56. The minimum Gasteiger partial charge on any atom is -0.493 e. The van der Waals surface area contributed by atoms with Gasteiger partial charge >= 0.3 is 0 Å². The van der Waals surface area contributed by atoms with Gasteiger partial charge in [0.2, 0.25) is 0 Å². The number of unbranched alkanes of at least 4 members (excludes halogenated alkanes) is 1. The van der Waals surface area contributed by atoms with Crippen LogP contribution in [0.3, 0.4) is 0 Å². The lowest BCUT2D eigenvalue weighted by Crippen LogP contribution is -2.38. The van der Waals surface area contributed by atoms with Crippen molar-refractivity contribution >= 4 is 0 Å². The molecule has 19 heavy (non-hydrogen) atoms. The fourth-order valence-corrected chi connectivity index (χ4v) is 2.51. The first-order chi connectivity index (χ1) is 9.05. The maximum Gasteiger partial charge on any atom is 0.128 e. The Morgan fingerprint density at radius 2 is 2.21 bits per heavy atom. The van der Waals surface area contributed by atoms with Gasteiger partial charge in [0.1, 0.15) is 17.1 Å². The number of ether oxygens (including phenoxy) is 2. The van der Waals surface area contributed by atoms with Gasteiger partial charge in [0.25, 0.3) is 0 Å². The van der Waals surface area contributed by atoms with Crippen molar-refractivity contribution in [1.29, 1.82) is 0 Å². The zero-order valence-electron chi connectivity index (χ0n) is 12.5. The Hall–Kier alpha value is -1.22. The summed E-state index contributed by atoms with van der Waals surface area (Å²) in [7, 11) is 2.00. The minimum atomic E-state index is -0.136. The van der Waals surface area contributed by atoms with E-state index in [9.17, 15) is 0 Å². The molecule has 0 radical (unpaired) electrons. The monoisotopic (exact) mass is 263 g/mol. The molecule has 1 unspecified atom stereocenters. The zero-order valence-corrected chi connectivity index (χ0v) is 12.5. The van der Waals surface area contributed by atoms with Gasteiger partial charge in [0.15, 0.2) is 0 Å². The van der Waals surface area contributed by atoms with E-state index in [0.717, 1.165) is 37.4 Å². The summed E-state index contributed by atoms with van der Waals surface area (Å²) in [6.45, 7) is 7.20. The highest BCUT2D eigenvalue weighted by Gasteiger charge is 2.33. The normalized spacial score (nSPS) is 20.5. The molecule has 2 rings (SSSR count). The number of rotatable bonds is 5. The van der Waals surface area contributed by atoms with Crippen LogP contribution in [-0.2, 0) is 0 Å². The van der Waals surface area contributed by atoms with Crippen molar-refractivity contribution in [2.75, 3.05) is 13.7 Å². The van der Waals surface area contributed by atoms with Crippen molar-refractivity contribution in [2.24, 2.45) is 0 Å². The average Bonchev–Trinajstić information content (AvgIpc) is 2.36. The van der Waals surface area contributed by atoms with Crippen LogP contribution in [0.15, 0.2) is 18.2 Å². The molecular weight excluding hydrogens is 238 g/mol. The largest absolute Gasteiger partial charge is 0.493 e. The van der Waals surface area contributed by atoms with Crippen molar-refractivity contribution in [1.82, 2.24) is 5.32 Å². The molecule has 0 spiro atoms. The molecule has 0 saturated heterocycles. The number of fused-ring (bicyclic) bond motifs is 1. The van der Waals surface area contributed by atoms with E-state index >= 15 is 0 Å². The second-order valence-electron chi connectivity index (χ2n) is 5.81. The fraction of sp³-hybridized carbons (Fsp3) is 0.625. The second-order valence-corrected chi connectivity index (χ2v) is 5.81. The first kappa shape index (κ1) is 14.2. The summed E-state index contributed by atoms with van der Waals surface area (Å²) < 4.78 is 11.8. The molecule has 0 amide bonds. The van der Waals surface area contributed by atoms with Gasteiger partial charge in [-0.2, -0.15) is 0 Å². The van der Waals surface area contributed by atoms with Gasteiger partial charge in [0, 0.05) is 24.1 Å². The molecule has 1 aliphatic heterocycles. The Bertz CT molecular complexity index is 429. The van der Waals surface area contributed by atoms with Crippen molar-refractivity contribution < 1.29 is 9.47 Å². The highest BCUT2D eigenvalue weighted by atomic mass is 16.5. The van der Waals surface area contributed by atoms with Gasteiger partial charge in [-0.05, 0) is 33.4 Å². The van der Waals surface area contributed by atoms with Crippen LogP contribution < -0.4 is 14.8 Å². The van der Waals surface area contributed by atoms with Crippen molar-refractivity contribution in [3.63, 3.8) is 0 Å². The van der Waals surface area contributed by atoms with E-state index in [0.29, 0.717) is 6.04 Å². The van der Waals surface area contributed by atoms with Crippen LogP contribution in [0.5, 0.6) is 11.5 Å². The van der Waals surface area contributed by atoms with Gasteiger partial charge < -0.3 is 14.8 Å². The molecule has 0 bridgehead atoms. The first-order valence-electron chi connectivity index (χ1n) is 7.19. The molecule has 1 atom stereocenters. The summed E-state index contributed by atoms with van der Waals surface area (Å²) in [4.78, 5) is 0. The molecule has 1 aliphatic rings. The number of nitrogens with one attached hydrogen (secondary N) is 1. The molecular formula is C16H25NO2. The molecule has 0 fully saturated rings. The van der Waals surface area contributed by atoms with E-state index in [1.54, 1.807) is 0 Å². The Morgan fingerprint density at radius 3 is 2.89 bits per heavy atom. The Balaban J connectivity index is 2.18. The van der Waals surface area contributed by atoms with E-state index in [4.69, 9.17) is 9.47 Å². The third-order valence-corrected chi connectivity index (χ3v) is 3.56. The maximum atomic E-state index is 6.08. The SMILES string of the molecule is CCCCOc1ccc2c(c1)OC(C)(C)CC2NC. The third kappa shape index (κ3) is 3.41. The van der Waals surface area contributed by atoms with Crippen LogP contribution in [-0.4, -0.2) is 19.3 Å². The van der Waals surface area contributed by atoms with E-state index < -0.39 is 0 Å². The molecule has 3 nitrogen and oxygen atoms in total. The zero-order chi connectivity index (χ0) is 13.9. The minimum absolute atomic E-state index is 0.136. The van der Waals surface area contributed by atoms with E-state index in [1.807, 2.05) is 19.2 Å². The molecule has 1 aromatic rings. The van der Waals surface area contributed by atoms with Crippen molar-refractivity contribution in [3.8, 4) is 11.5 Å². The second kappa shape index (κ2) is 5.83. The Morgan fingerprint density at radius 1 is 1.42 bits per heavy atom. The molecule has 0 aliphatic carbocycles. The van der Waals surface area contributed by atoms with E-state index in [-0.39, 0.29) is 5.60 Å². The molecule has 3 heteroatoms. The topological polar surface area (TPSA) is 30.5 Å². The predicted octanol–water partition coefficient (Wildman–Crippen LogP) is 3.69. The van der Waals surface area contributed by atoms with Gasteiger partial charge in [-0.1, -0.05) is 19.4 Å². The molecule has 0 saturated carbocycles. The van der Waals surface area contributed by atoms with Gasteiger partial charge in [-0.25, -0.2) is 0 Å². The van der Waals surface area contributed by atoms with Crippen LogP contribution in [0.25, 0.3) is 0 Å². The quantitative estimate of drug-likeness (QED) is 0.822. The smallest absolute Gasteiger partial charge is 0.128 e. The van der Waals surface area contributed by atoms with Crippen molar-refractivity contribution in [3.05, 3.63) is 23.8 Å². The average molecular weight is 263 g/mol. The Labute approximate surface area is 116 Å². The van der Waals surface area contributed by atoms with E-state index in [1.165, 1.54) is 5.56 Å². The van der Waals surface area contributed by atoms with Crippen LogP contribution in [0, 0.1) is 0 Å². The van der Waals surface area contributed by atoms with Gasteiger partial charge in [-0.15, -0.1) is 0 Å². The Kier molecular flexibility index (Phi) is 4.35. The lowest BCUT2D eigenvalue weighted by Gasteiger charge is -2.37. The van der Waals surface area contributed by atoms with Gasteiger partial charge in [-0.3, -0.25) is 0 Å². The number of benzene rings is 1. The highest BCUT2D eigenvalue weighted by molar-refractivity contribution is 5.44. The molecule has 1 aromatic carbocycles. The summed E-state index contributed by atoms with van der Waals surface area (Å²) >= 11 is 0. The summed E-state index contributed by atoms with van der Waals surface area (Å²) in [6.07, 6.45) is 3.21. The first-order valence-corrected chi connectivity index (χ1v) is 7.19. The van der Waals surface area contributed by atoms with Crippen LogP contribution in [0.1, 0.15) is 51.6 Å². The summed E-state index contributed by atoms with van der Waals surface area (Å²) in [5, 5.41) is 3.37. The highest BCUT2D eigenvalue weighted by Crippen LogP contribution is 2.40. The van der Waals surface area contributed by atoms with Gasteiger partial charge in [0.05, 0.1) is 6.61 Å². The fourth-order valence-electron chi connectivity index (χ4n) is 2.51.